The summed E-state index contributed by atoms with van der Waals surface area (Å²) in [5.74, 6) is 0. The summed E-state index contributed by atoms with van der Waals surface area (Å²) in [6, 6.07) is 8.71. The Morgan fingerprint density at radius 2 is 1.93 bits per heavy atom. The van der Waals surface area contributed by atoms with Gasteiger partial charge in [-0.25, -0.2) is 0 Å². The first-order valence-corrected chi connectivity index (χ1v) is 6.08. The number of nitrogens with one attached hydrogen (secondary N) is 1. The summed E-state index contributed by atoms with van der Waals surface area (Å²) in [7, 11) is 0. The molecule has 0 saturated carbocycles. The molecule has 0 heterocycles. The monoisotopic (exact) mass is 225 g/mol. The molecule has 0 fully saturated rings. The van der Waals surface area contributed by atoms with E-state index < -0.39 is 0 Å². The van der Waals surface area contributed by atoms with Crippen molar-refractivity contribution >= 4 is 11.6 Å². The molecule has 0 aromatic heterocycles. The Morgan fingerprint density at radius 1 is 1.27 bits per heavy atom. The van der Waals surface area contributed by atoms with Crippen LogP contribution in [-0.2, 0) is 6.42 Å². The highest BCUT2D eigenvalue weighted by Gasteiger charge is 1.99. The van der Waals surface area contributed by atoms with E-state index in [0.29, 0.717) is 6.04 Å². The zero-order valence-electron chi connectivity index (χ0n) is 9.59. The first kappa shape index (κ1) is 12.5. The zero-order chi connectivity index (χ0) is 11.1. The lowest BCUT2D eigenvalue weighted by atomic mass is 10.1. The van der Waals surface area contributed by atoms with Gasteiger partial charge in [0.05, 0.1) is 0 Å². The molecule has 1 aromatic rings. The SMILES string of the molecule is CCC[C@@H](C)NCCc1ccc(Cl)cc1. The fraction of sp³-hybridized carbons (Fsp3) is 0.538. The van der Waals surface area contributed by atoms with Crippen LogP contribution in [-0.4, -0.2) is 12.6 Å². The van der Waals surface area contributed by atoms with Gasteiger partial charge in [0.1, 0.15) is 0 Å². The van der Waals surface area contributed by atoms with E-state index in [1.54, 1.807) is 0 Å². The molecule has 0 spiro atoms. The van der Waals surface area contributed by atoms with Crippen LogP contribution in [0.25, 0.3) is 0 Å². The Balaban J connectivity index is 2.22. The normalized spacial score (nSPS) is 12.7. The molecule has 0 aliphatic carbocycles. The van der Waals surface area contributed by atoms with Crippen LogP contribution in [0.15, 0.2) is 24.3 Å². The Bertz CT molecular complexity index is 268. The second-order valence-corrected chi connectivity index (χ2v) is 4.46. The first-order chi connectivity index (χ1) is 7.22. The van der Waals surface area contributed by atoms with Crippen LogP contribution in [0.2, 0.25) is 5.02 Å². The third-order valence-electron chi connectivity index (χ3n) is 2.54. The topological polar surface area (TPSA) is 12.0 Å². The minimum absolute atomic E-state index is 0.627. The van der Waals surface area contributed by atoms with Crippen LogP contribution in [0.3, 0.4) is 0 Å². The van der Waals surface area contributed by atoms with E-state index in [2.05, 4.69) is 31.3 Å². The van der Waals surface area contributed by atoms with Gasteiger partial charge in [-0.3, -0.25) is 0 Å². The van der Waals surface area contributed by atoms with Crippen LogP contribution in [0.1, 0.15) is 32.3 Å². The van der Waals surface area contributed by atoms with Crippen LogP contribution in [0, 0.1) is 0 Å². The number of hydrogen-bond acceptors (Lipinski definition) is 1. The van der Waals surface area contributed by atoms with E-state index in [-0.39, 0.29) is 0 Å². The molecule has 1 nitrogen and oxygen atoms in total. The minimum Gasteiger partial charge on any atom is -0.314 e. The molecule has 0 saturated heterocycles. The smallest absolute Gasteiger partial charge is 0.0406 e. The maximum Gasteiger partial charge on any atom is 0.0406 e. The van der Waals surface area contributed by atoms with E-state index >= 15 is 0 Å². The standard InChI is InChI=1S/C13H20ClN/c1-3-4-11(2)15-10-9-12-5-7-13(14)8-6-12/h5-8,11,15H,3-4,9-10H2,1-2H3/t11-/m1/s1. The Kier molecular flexibility index (Phi) is 5.74. The summed E-state index contributed by atoms with van der Waals surface area (Å²) >= 11 is 5.82. The molecule has 1 N–H and O–H groups in total. The summed E-state index contributed by atoms with van der Waals surface area (Å²) < 4.78 is 0. The number of rotatable bonds is 6. The predicted octanol–water partition coefficient (Wildman–Crippen LogP) is 3.66. The number of hydrogen-bond donors (Lipinski definition) is 1. The molecule has 0 aliphatic heterocycles. The fourth-order valence-corrected chi connectivity index (χ4v) is 1.78. The second kappa shape index (κ2) is 6.86. The average molecular weight is 226 g/mol. The van der Waals surface area contributed by atoms with E-state index in [1.807, 2.05) is 12.1 Å². The molecular formula is C13H20ClN. The van der Waals surface area contributed by atoms with E-state index in [0.717, 1.165) is 18.0 Å². The van der Waals surface area contributed by atoms with Gasteiger partial charge in [0, 0.05) is 11.1 Å². The highest BCUT2D eigenvalue weighted by Crippen LogP contribution is 2.09. The zero-order valence-corrected chi connectivity index (χ0v) is 10.3. The summed E-state index contributed by atoms with van der Waals surface area (Å²) in [6.07, 6.45) is 3.57. The van der Waals surface area contributed by atoms with Crippen molar-refractivity contribution in [3.8, 4) is 0 Å². The van der Waals surface area contributed by atoms with Crippen molar-refractivity contribution < 1.29 is 0 Å². The quantitative estimate of drug-likeness (QED) is 0.779. The first-order valence-electron chi connectivity index (χ1n) is 5.70. The summed E-state index contributed by atoms with van der Waals surface area (Å²) in [6.45, 7) is 5.51. The molecule has 0 aliphatic rings. The predicted molar refractivity (Wildman–Crippen MR) is 67.5 cm³/mol. The van der Waals surface area contributed by atoms with E-state index in [4.69, 9.17) is 11.6 Å². The van der Waals surface area contributed by atoms with Crippen LogP contribution in [0.5, 0.6) is 0 Å². The maximum atomic E-state index is 5.82. The van der Waals surface area contributed by atoms with E-state index in [1.165, 1.54) is 18.4 Å². The van der Waals surface area contributed by atoms with Gasteiger partial charge in [0.25, 0.3) is 0 Å². The Hall–Kier alpha value is -0.530. The average Bonchev–Trinajstić information content (AvgIpc) is 2.21. The van der Waals surface area contributed by atoms with Gasteiger partial charge in [0.2, 0.25) is 0 Å². The lowest BCUT2D eigenvalue weighted by Crippen LogP contribution is -2.27. The highest BCUT2D eigenvalue weighted by atomic mass is 35.5. The third kappa shape index (κ3) is 5.19. The molecule has 0 amide bonds. The van der Waals surface area contributed by atoms with Crippen molar-refractivity contribution in [3.05, 3.63) is 34.9 Å². The lowest BCUT2D eigenvalue weighted by Gasteiger charge is -2.12. The lowest BCUT2D eigenvalue weighted by molar-refractivity contribution is 0.512. The van der Waals surface area contributed by atoms with E-state index in [9.17, 15) is 0 Å². The largest absolute Gasteiger partial charge is 0.314 e. The van der Waals surface area contributed by atoms with Gasteiger partial charge in [0.15, 0.2) is 0 Å². The molecule has 0 radical (unpaired) electrons. The van der Waals surface area contributed by atoms with Crippen molar-refractivity contribution in [2.75, 3.05) is 6.54 Å². The van der Waals surface area contributed by atoms with Gasteiger partial charge >= 0.3 is 0 Å². The van der Waals surface area contributed by atoms with Crippen LogP contribution < -0.4 is 5.32 Å². The van der Waals surface area contributed by atoms with Crippen LogP contribution >= 0.6 is 11.6 Å². The molecule has 0 unspecified atom stereocenters. The molecule has 84 valence electrons. The van der Waals surface area contributed by atoms with Crippen molar-refractivity contribution in [1.82, 2.24) is 5.32 Å². The second-order valence-electron chi connectivity index (χ2n) is 4.02. The maximum absolute atomic E-state index is 5.82. The molecule has 1 aromatic carbocycles. The summed E-state index contributed by atoms with van der Waals surface area (Å²) in [4.78, 5) is 0. The molecule has 1 rings (SSSR count). The molecule has 2 heteroatoms. The van der Waals surface area contributed by atoms with Crippen molar-refractivity contribution in [3.63, 3.8) is 0 Å². The van der Waals surface area contributed by atoms with Crippen molar-refractivity contribution in [2.45, 2.75) is 39.2 Å². The van der Waals surface area contributed by atoms with Gasteiger partial charge in [-0.05, 0) is 44.0 Å². The number of halogens is 1. The summed E-state index contributed by atoms with van der Waals surface area (Å²) in [5, 5.41) is 4.32. The number of benzene rings is 1. The van der Waals surface area contributed by atoms with Gasteiger partial charge in [-0.2, -0.15) is 0 Å². The molecule has 1 atom stereocenters. The fourth-order valence-electron chi connectivity index (χ4n) is 1.65. The van der Waals surface area contributed by atoms with Crippen LogP contribution in [0.4, 0.5) is 0 Å². The molecule has 15 heavy (non-hydrogen) atoms. The van der Waals surface area contributed by atoms with Gasteiger partial charge in [-0.15, -0.1) is 0 Å². The van der Waals surface area contributed by atoms with Gasteiger partial charge < -0.3 is 5.32 Å². The molecular weight excluding hydrogens is 206 g/mol. The molecule has 0 bridgehead atoms. The minimum atomic E-state index is 0.627. The van der Waals surface area contributed by atoms with Crippen molar-refractivity contribution in [1.29, 1.82) is 0 Å². The van der Waals surface area contributed by atoms with Gasteiger partial charge in [-0.1, -0.05) is 37.1 Å². The van der Waals surface area contributed by atoms with Crippen molar-refractivity contribution in [2.24, 2.45) is 0 Å². The third-order valence-corrected chi connectivity index (χ3v) is 2.79. The Labute approximate surface area is 97.8 Å². The summed E-state index contributed by atoms with van der Waals surface area (Å²) in [5.41, 5.74) is 1.34. The highest BCUT2D eigenvalue weighted by molar-refractivity contribution is 6.30. The Morgan fingerprint density at radius 3 is 2.53 bits per heavy atom.